The van der Waals surface area contributed by atoms with Crippen molar-refractivity contribution in [3.05, 3.63) is 46.4 Å². The molecule has 1 saturated heterocycles. The molecule has 0 radical (unpaired) electrons. The zero-order valence-electron chi connectivity index (χ0n) is 13.4. The van der Waals surface area contributed by atoms with E-state index in [2.05, 4.69) is 4.98 Å². The van der Waals surface area contributed by atoms with Crippen LogP contribution in [0, 0.1) is 5.92 Å². The van der Waals surface area contributed by atoms with Gasteiger partial charge in [-0.2, -0.15) is 0 Å². The van der Waals surface area contributed by atoms with Gasteiger partial charge in [0.1, 0.15) is 5.52 Å². The van der Waals surface area contributed by atoms with Gasteiger partial charge in [0.05, 0.1) is 10.9 Å². The highest BCUT2D eigenvalue weighted by Crippen LogP contribution is 2.34. The number of carbonyl (C=O) groups is 2. The highest BCUT2D eigenvalue weighted by atomic mass is 35.5. The number of nitrogens with zero attached hydrogens (tertiary/aromatic N) is 2. The number of oxazole rings is 1. The summed E-state index contributed by atoms with van der Waals surface area (Å²) in [6.45, 7) is 0.270. The van der Waals surface area contributed by atoms with E-state index in [1.807, 2.05) is 6.07 Å². The lowest BCUT2D eigenvalue weighted by Gasteiger charge is -2.16. The minimum absolute atomic E-state index is 0.122. The molecule has 8 heteroatoms. The van der Waals surface area contributed by atoms with E-state index in [9.17, 15) is 9.59 Å². The van der Waals surface area contributed by atoms with Crippen LogP contribution in [0.15, 0.2) is 40.8 Å². The number of anilines is 1. The van der Waals surface area contributed by atoms with Crippen molar-refractivity contribution in [2.24, 2.45) is 11.7 Å². The first kappa shape index (κ1) is 16.9. The minimum atomic E-state index is -0.476. The van der Waals surface area contributed by atoms with E-state index < -0.39 is 11.8 Å². The molecular formula is C18H13Cl2N3O3. The van der Waals surface area contributed by atoms with Crippen molar-refractivity contribution in [3.63, 3.8) is 0 Å². The molecule has 0 saturated carbocycles. The average molecular weight is 390 g/mol. The molecular weight excluding hydrogens is 377 g/mol. The summed E-state index contributed by atoms with van der Waals surface area (Å²) in [5.74, 6) is -0.721. The van der Waals surface area contributed by atoms with Crippen LogP contribution >= 0.6 is 23.2 Å². The molecule has 1 aliphatic heterocycles. The highest BCUT2D eigenvalue weighted by Gasteiger charge is 2.34. The van der Waals surface area contributed by atoms with Crippen LogP contribution in [-0.2, 0) is 9.59 Å². The molecule has 6 nitrogen and oxygen atoms in total. The quantitative estimate of drug-likeness (QED) is 0.740. The summed E-state index contributed by atoms with van der Waals surface area (Å²) in [6.07, 6.45) is 0.122. The van der Waals surface area contributed by atoms with E-state index in [4.69, 9.17) is 33.4 Å². The molecule has 2 N–H and O–H groups in total. The van der Waals surface area contributed by atoms with E-state index in [1.54, 1.807) is 35.2 Å². The Bertz CT molecular complexity index is 1050. The minimum Gasteiger partial charge on any atom is -0.435 e. The predicted octanol–water partition coefficient (Wildman–Crippen LogP) is 3.64. The van der Waals surface area contributed by atoms with Crippen molar-refractivity contribution in [1.82, 2.24) is 4.98 Å². The van der Waals surface area contributed by atoms with Crippen molar-refractivity contribution in [3.8, 4) is 11.5 Å². The first-order valence-corrected chi connectivity index (χ1v) is 8.63. The van der Waals surface area contributed by atoms with Crippen LogP contribution in [0.3, 0.4) is 0 Å². The van der Waals surface area contributed by atoms with Gasteiger partial charge in [-0.25, -0.2) is 4.98 Å². The van der Waals surface area contributed by atoms with Gasteiger partial charge >= 0.3 is 0 Å². The number of benzene rings is 2. The number of nitrogens with two attached hydrogens (primary N) is 1. The van der Waals surface area contributed by atoms with Crippen LogP contribution in [0.4, 0.5) is 5.69 Å². The number of fused-ring (bicyclic) bond motifs is 1. The van der Waals surface area contributed by atoms with Crippen LogP contribution < -0.4 is 10.6 Å². The number of rotatable bonds is 3. The summed E-state index contributed by atoms with van der Waals surface area (Å²) in [6, 6.07) is 10.4. The third kappa shape index (κ3) is 2.91. The fourth-order valence-electron chi connectivity index (χ4n) is 3.04. The Kier molecular flexibility index (Phi) is 4.09. The topological polar surface area (TPSA) is 89.4 Å². The number of halogens is 2. The summed E-state index contributed by atoms with van der Waals surface area (Å²) in [5, 5.41) is 0.845. The lowest BCUT2D eigenvalue weighted by atomic mass is 10.1. The van der Waals surface area contributed by atoms with Gasteiger partial charge in [-0.15, -0.1) is 0 Å². The van der Waals surface area contributed by atoms with Gasteiger partial charge in [0, 0.05) is 29.2 Å². The Labute approximate surface area is 158 Å². The standard InChI is InChI=1S/C18H13Cl2N3O3/c19-11-6-13(20)16-14(7-11)22-18(26-16)9-2-1-3-12(4-9)23-8-10(17(21)25)5-15(23)24/h1-4,6-7,10H,5,8H2,(H2,21,25)/t10-/m0/s1. The molecule has 1 aliphatic rings. The molecule has 2 amide bonds. The molecule has 1 atom stereocenters. The van der Waals surface area contributed by atoms with E-state index in [1.165, 1.54) is 0 Å². The second-order valence-electron chi connectivity index (χ2n) is 6.11. The molecule has 0 bridgehead atoms. The van der Waals surface area contributed by atoms with Crippen molar-refractivity contribution < 1.29 is 14.0 Å². The third-order valence-electron chi connectivity index (χ3n) is 4.34. The number of carbonyl (C=O) groups excluding carboxylic acids is 2. The lowest BCUT2D eigenvalue weighted by Crippen LogP contribution is -2.28. The Morgan fingerprint density at radius 2 is 2.08 bits per heavy atom. The lowest BCUT2D eigenvalue weighted by molar-refractivity contribution is -0.123. The van der Waals surface area contributed by atoms with Crippen molar-refractivity contribution in [1.29, 1.82) is 0 Å². The summed E-state index contributed by atoms with van der Waals surface area (Å²) >= 11 is 12.1. The number of amides is 2. The first-order valence-electron chi connectivity index (χ1n) is 7.88. The van der Waals surface area contributed by atoms with Crippen molar-refractivity contribution >= 4 is 51.8 Å². The third-order valence-corrected chi connectivity index (χ3v) is 4.84. The van der Waals surface area contributed by atoms with Gasteiger partial charge in [-0.3, -0.25) is 9.59 Å². The second kappa shape index (κ2) is 6.30. The maximum Gasteiger partial charge on any atom is 0.227 e. The number of primary amides is 1. The molecule has 0 aliphatic carbocycles. The molecule has 26 heavy (non-hydrogen) atoms. The normalized spacial score (nSPS) is 17.2. The fraction of sp³-hybridized carbons (Fsp3) is 0.167. The molecule has 2 heterocycles. The molecule has 4 rings (SSSR count). The molecule has 1 aromatic heterocycles. The Morgan fingerprint density at radius 3 is 2.81 bits per heavy atom. The van der Waals surface area contributed by atoms with E-state index in [0.717, 1.165) is 0 Å². The van der Waals surface area contributed by atoms with Crippen LogP contribution in [-0.4, -0.2) is 23.3 Å². The summed E-state index contributed by atoms with van der Waals surface area (Å²) in [7, 11) is 0. The first-order chi connectivity index (χ1) is 12.4. The summed E-state index contributed by atoms with van der Waals surface area (Å²) in [4.78, 5) is 29.5. The monoisotopic (exact) mass is 389 g/mol. The maximum absolute atomic E-state index is 12.2. The van der Waals surface area contributed by atoms with Gasteiger partial charge in [-0.1, -0.05) is 29.3 Å². The van der Waals surface area contributed by atoms with Gasteiger partial charge in [-0.05, 0) is 30.3 Å². The molecule has 132 valence electrons. The number of hydrogen-bond acceptors (Lipinski definition) is 4. The average Bonchev–Trinajstić information content (AvgIpc) is 3.19. The fourth-order valence-corrected chi connectivity index (χ4v) is 3.56. The van der Waals surface area contributed by atoms with E-state index >= 15 is 0 Å². The maximum atomic E-state index is 12.2. The smallest absolute Gasteiger partial charge is 0.227 e. The van der Waals surface area contributed by atoms with Gasteiger partial charge in [0.25, 0.3) is 0 Å². The van der Waals surface area contributed by atoms with Gasteiger partial charge < -0.3 is 15.1 Å². The highest BCUT2D eigenvalue weighted by molar-refractivity contribution is 6.38. The largest absolute Gasteiger partial charge is 0.435 e. The molecule has 3 aromatic rings. The number of aromatic nitrogens is 1. The molecule has 0 spiro atoms. The van der Waals surface area contributed by atoms with Gasteiger partial charge in [0.2, 0.25) is 17.7 Å². The predicted molar refractivity (Wildman–Crippen MR) is 99.1 cm³/mol. The molecule has 0 unspecified atom stereocenters. The van der Waals surface area contributed by atoms with E-state index in [-0.39, 0.29) is 18.9 Å². The zero-order chi connectivity index (χ0) is 18.4. The van der Waals surface area contributed by atoms with Crippen LogP contribution in [0.5, 0.6) is 0 Å². The Balaban J connectivity index is 1.71. The SMILES string of the molecule is NC(=O)[C@H]1CC(=O)N(c2cccc(-c3nc4cc(Cl)cc(Cl)c4o3)c2)C1. The second-order valence-corrected chi connectivity index (χ2v) is 6.96. The zero-order valence-corrected chi connectivity index (χ0v) is 14.9. The Morgan fingerprint density at radius 1 is 1.27 bits per heavy atom. The Hall–Kier alpha value is -2.57. The van der Waals surface area contributed by atoms with E-state index in [0.29, 0.717) is 38.3 Å². The molecule has 1 fully saturated rings. The van der Waals surface area contributed by atoms with Gasteiger partial charge in [0.15, 0.2) is 5.58 Å². The van der Waals surface area contributed by atoms with Crippen molar-refractivity contribution in [2.45, 2.75) is 6.42 Å². The van der Waals surface area contributed by atoms with Crippen LogP contribution in [0.2, 0.25) is 10.0 Å². The summed E-state index contributed by atoms with van der Waals surface area (Å²) < 4.78 is 5.76. The number of hydrogen-bond donors (Lipinski definition) is 1. The molecule has 2 aromatic carbocycles. The van der Waals surface area contributed by atoms with Crippen LogP contribution in [0.25, 0.3) is 22.6 Å². The van der Waals surface area contributed by atoms with Crippen LogP contribution in [0.1, 0.15) is 6.42 Å². The summed E-state index contributed by atoms with van der Waals surface area (Å²) in [5.41, 5.74) is 7.66. The van der Waals surface area contributed by atoms with Crippen molar-refractivity contribution in [2.75, 3.05) is 11.4 Å².